The van der Waals surface area contributed by atoms with E-state index in [1.165, 1.54) is 0 Å². The fourth-order valence-electron chi connectivity index (χ4n) is 0.219. The third-order valence-electron chi connectivity index (χ3n) is 0.441. The van der Waals surface area contributed by atoms with Crippen molar-refractivity contribution in [3.63, 3.8) is 0 Å². The fourth-order valence-corrected chi connectivity index (χ4v) is 0.299. The number of carbonyl (C=O) groups excluding carboxylic acids is 1. The number of carbonyl (C=O) groups is 1. The second kappa shape index (κ2) is 7.72. The molecule has 9 heavy (non-hydrogen) atoms. The van der Waals surface area contributed by atoms with E-state index in [2.05, 4.69) is 9.25 Å². The number of rotatable bonds is 2. The molecule has 0 rings (SSSR count). The molecule has 3 nitrogen and oxygen atoms in total. The Morgan fingerprint density at radius 3 is 2.78 bits per heavy atom. The van der Waals surface area contributed by atoms with Gasteiger partial charge in [-0.25, -0.2) is 4.79 Å². The number of ether oxygens (including phenoxy) is 1. The van der Waals surface area contributed by atoms with Crippen molar-refractivity contribution < 1.29 is 9.53 Å². The number of halogens is 2. The maximum atomic E-state index is 10.2. The SMILES string of the molecule is CCOC(=O)C=NCl.Cl. The van der Waals surface area contributed by atoms with Crippen molar-refractivity contribution >= 4 is 36.4 Å². The summed E-state index contributed by atoms with van der Waals surface area (Å²) in [4.78, 5) is 10.2. The molecule has 0 heterocycles. The van der Waals surface area contributed by atoms with Gasteiger partial charge in [-0.3, -0.25) is 0 Å². The Morgan fingerprint density at radius 1 is 1.89 bits per heavy atom. The molecule has 0 aliphatic rings. The third-order valence-corrected chi connectivity index (χ3v) is 0.538. The molecule has 0 amide bonds. The molecule has 0 atom stereocenters. The maximum Gasteiger partial charge on any atom is 0.350 e. The zero-order valence-corrected chi connectivity index (χ0v) is 6.41. The summed E-state index contributed by atoms with van der Waals surface area (Å²) in [5.74, 6) is -0.512. The Morgan fingerprint density at radius 2 is 2.44 bits per heavy atom. The second-order valence-electron chi connectivity index (χ2n) is 0.979. The smallest absolute Gasteiger partial charge is 0.350 e. The Kier molecular flexibility index (Phi) is 9.87. The van der Waals surface area contributed by atoms with Gasteiger partial charge in [0.2, 0.25) is 0 Å². The molecule has 0 aromatic heterocycles. The van der Waals surface area contributed by atoms with Crippen LogP contribution in [0.2, 0.25) is 0 Å². The highest BCUT2D eigenvalue weighted by atomic mass is 35.5. The van der Waals surface area contributed by atoms with Gasteiger partial charge in [-0.2, -0.15) is 4.51 Å². The van der Waals surface area contributed by atoms with E-state index in [0.717, 1.165) is 6.21 Å². The summed E-state index contributed by atoms with van der Waals surface area (Å²) in [6.07, 6.45) is 0.908. The molecule has 0 aliphatic heterocycles. The van der Waals surface area contributed by atoms with E-state index in [1.54, 1.807) is 6.92 Å². The molecule has 0 aromatic carbocycles. The van der Waals surface area contributed by atoms with Crippen LogP contribution >= 0.6 is 24.2 Å². The van der Waals surface area contributed by atoms with Gasteiger partial charge < -0.3 is 4.74 Å². The van der Waals surface area contributed by atoms with Crippen LogP contribution in [0.1, 0.15) is 6.92 Å². The first-order valence-corrected chi connectivity index (χ1v) is 2.46. The predicted octanol–water partition coefficient (Wildman–Crippen LogP) is 1.20. The summed E-state index contributed by atoms with van der Waals surface area (Å²) >= 11 is 4.80. The minimum atomic E-state index is -0.512. The van der Waals surface area contributed by atoms with Gasteiger partial charge in [-0.1, -0.05) is 0 Å². The van der Waals surface area contributed by atoms with Crippen molar-refractivity contribution in [2.75, 3.05) is 6.61 Å². The summed E-state index contributed by atoms with van der Waals surface area (Å²) in [6.45, 7) is 2.06. The van der Waals surface area contributed by atoms with Gasteiger partial charge in [0.05, 0.1) is 6.61 Å². The van der Waals surface area contributed by atoms with Crippen LogP contribution in [-0.4, -0.2) is 18.8 Å². The van der Waals surface area contributed by atoms with E-state index in [1.807, 2.05) is 0 Å². The molecular weight excluding hydrogens is 165 g/mol. The lowest BCUT2D eigenvalue weighted by Crippen LogP contribution is -2.03. The minimum absolute atomic E-state index is 0. The molecule has 0 unspecified atom stereocenters. The van der Waals surface area contributed by atoms with Gasteiger partial charge in [0.1, 0.15) is 6.21 Å². The van der Waals surface area contributed by atoms with Crippen molar-refractivity contribution in [1.29, 1.82) is 0 Å². The maximum absolute atomic E-state index is 10.2. The fraction of sp³-hybridized carbons (Fsp3) is 0.500. The second-order valence-corrected chi connectivity index (χ2v) is 1.17. The molecule has 54 valence electrons. The number of esters is 1. The Hall–Kier alpha value is -0.280. The van der Waals surface area contributed by atoms with E-state index in [9.17, 15) is 4.79 Å². The largest absolute Gasteiger partial charge is 0.462 e. The number of hydrogen-bond donors (Lipinski definition) is 0. The molecule has 0 radical (unpaired) electrons. The summed E-state index contributed by atoms with van der Waals surface area (Å²) < 4.78 is 7.34. The normalized spacial score (nSPS) is 8.67. The van der Waals surface area contributed by atoms with Gasteiger partial charge >= 0.3 is 5.97 Å². The topological polar surface area (TPSA) is 38.7 Å². The predicted molar refractivity (Wildman–Crippen MR) is 38.2 cm³/mol. The summed E-state index contributed by atoms with van der Waals surface area (Å²) in [5, 5.41) is 0. The zero-order valence-electron chi connectivity index (χ0n) is 4.83. The average Bonchev–Trinajstić information content (AvgIpc) is 1.68. The first-order chi connectivity index (χ1) is 3.81. The van der Waals surface area contributed by atoms with Gasteiger partial charge in [0.25, 0.3) is 0 Å². The van der Waals surface area contributed by atoms with Crippen molar-refractivity contribution in [2.24, 2.45) is 4.51 Å². The van der Waals surface area contributed by atoms with Crippen LogP contribution in [0.5, 0.6) is 0 Å². The minimum Gasteiger partial charge on any atom is -0.462 e. The molecule has 0 bridgehead atoms. The van der Waals surface area contributed by atoms with Crippen LogP contribution in [0.15, 0.2) is 4.51 Å². The molecule has 0 saturated heterocycles. The van der Waals surface area contributed by atoms with Crippen LogP contribution in [0.25, 0.3) is 0 Å². The van der Waals surface area contributed by atoms with Gasteiger partial charge in [-0.05, 0) is 6.92 Å². The number of nitrogens with zero attached hydrogens (tertiary/aromatic N) is 1. The zero-order chi connectivity index (χ0) is 6.41. The average molecular weight is 172 g/mol. The van der Waals surface area contributed by atoms with E-state index in [0.29, 0.717) is 6.61 Å². The van der Waals surface area contributed by atoms with Gasteiger partial charge in [-0.15, -0.1) is 12.4 Å². The van der Waals surface area contributed by atoms with Gasteiger partial charge in [0, 0.05) is 11.8 Å². The Bertz CT molecular complexity index is 105. The lowest BCUT2D eigenvalue weighted by Gasteiger charge is -1.90. The van der Waals surface area contributed by atoms with E-state index >= 15 is 0 Å². The van der Waals surface area contributed by atoms with Crippen LogP contribution in [0.3, 0.4) is 0 Å². The summed E-state index contributed by atoms with van der Waals surface area (Å²) in [5.41, 5.74) is 0. The van der Waals surface area contributed by atoms with E-state index in [-0.39, 0.29) is 12.4 Å². The van der Waals surface area contributed by atoms with Crippen molar-refractivity contribution in [3.05, 3.63) is 0 Å². The summed E-state index contributed by atoms with van der Waals surface area (Å²) in [7, 11) is 0. The Balaban J connectivity index is 0. The van der Waals surface area contributed by atoms with Crippen molar-refractivity contribution in [3.8, 4) is 0 Å². The molecular formula is C4H7Cl2NO2. The van der Waals surface area contributed by atoms with Crippen molar-refractivity contribution in [1.82, 2.24) is 0 Å². The highest BCUT2D eigenvalue weighted by molar-refractivity contribution is 6.30. The molecule has 0 fully saturated rings. The highest BCUT2D eigenvalue weighted by Gasteiger charge is 1.90. The molecule has 0 aliphatic carbocycles. The van der Waals surface area contributed by atoms with Crippen LogP contribution in [0.4, 0.5) is 0 Å². The molecule has 0 aromatic rings. The van der Waals surface area contributed by atoms with Crippen LogP contribution in [0, 0.1) is 0 Å². The van der Waals surface area contributed by atoms with E-state index in [4.69, 9.17) is 11.8 Å². The molecule has 0 saturated carbocycles. The monoisotopic (exact) mass is 171 g/mol. The molecule has 0 N–H and O–H groups in total. The first kappa shape index (κ1) is 11.5. The standard InChI is InChI=1S/C4H6ClNO2.ClH/c1-2-8-4(7)3-6-5;/h3H,2H2,1H3;1H. The highest BCUT2D eigenvalue weighted by Crippen LogP contribution is 1.75. The third kappa shape index (κ3) is 7.72. The Labute approximate surface area is 64.6 Å². The van der Waals surface area contributed by atoms with Crippen molar-refractivity contribution in [2.45, 2.75) is 6.92 Å². The van der Waals surface area contributed by atoms with Crippen LogP contribution in [-0.2, 0) is 9.53 Å². The van der Waals surface area contributed by atoms with Crippen LogP contribution < -0.4 is 0 Å². The van der Waals surface area contributed by atoms with Gasteiger partial charge in [0.15, 0.2) is 0 Å². The lowest BCUT2D eigenvalue weighted by atomic mass is 10.7. The molecule has 0 spiro atoms. The molecule has 5 heteroatoms. The first-order valence-electron chi connectivity index (χ1n) is 2.12. The summed E-state index contributed by atoms with van der Waals surface area (Å²) in [6, 6.07) is 0. The van der Waals surface area contributed by atoms with E-state index < -0.39 is 5.97 Å². The lowest BCUT2D eigenvalue weighted by molar-refractivity contribution is -0.134. The quantitative estimate of drug-likeness (QED) is 0.463. The number of hydrogen-bond acceptors (Lipinski definition) is 3.